The van der Waals surface area contributed by atoms with Crippen molar-refractivity contribution in [2.24, 2.45) is 0 Å². The minimum absolute atomic E-state index is 0. The highest BCUT2D eigenvalue weighted by molar-refractivity contribution is 6.07. The van der Waals surface area contributed by atoms with Gasteiger partial charge < -0.3 is 22.2 Å². The predicted octanol–water partition coefficient (Wildman–Crippen LogP) is 10.1. The van der Waals surface area contributed by atoms with Crippen LogP contribution in [0, 0.1) is 0 Å². The van der Waals surface area contributed by atoms with Crippen molar-refractivity contribution in [3.8, 4) is 0 Å². The summed E-state index contributed by atoms with van der Waals surface area (Å²) in [4.78, 5) is 4.90. The van der Waals surface area contributed by atoms with Gasteiger partial charge in [0.2, 0.25) is 5.69 Å². The normalized spacial score (nSPS) is 18.2. The quantitative estimate of drug-likeness (QED) is 0.156. The smallest absolute Gasteiger partial charge is 0.217 e. The monoisotopic (exact) mass is 773 g/mol. The van der Waals surface area contributed by atoms with Crippen LogP contribution in [0.5, 0.6) is 0 Å². The van der Waals surface area contributed by atoms with Crippen LogP contribution in [0.2, 0.25) is 0 Å². The fraction of sp³-hybridized carbons (Fsp3) is 0.196. The van der Waals surface area contributed by atoms with E-state index in [1.165, 1.54) is 72.3 Å². The molecule has 0 spiro atoms. The van der Waals surface area contributed by atoms with Gasteiger partial charge in [0.15, 0.2) is 5.71 Å². The second-order valence-corrected chi connectivity index (χ2v) is 16.1. The van der Waals surface area contributed by atoms with Crippen LogP contribution in [0.1, 0.15) is 51.7 Å². The molecule has 0 radical (unpaired) electrons. The molecule has 0 saturated heterocycles. The lowest BCUT2D eigenvalue weighted by molar-refractivity contribution is -0.399. The number of nitrogens with zero attached hydrogens (tertiary/aromatic N) is 3. The summed E-state index contributed by atoms with van der Waals surface area (Å²) in [6.45, 7) is 9.47. The van der Waals surface area contributed by atoms with Crippen LogP contribution >= 0.6 is 12.4 Å². The standard InChI is InChI=1S/C51H48N3.2ClH/c1-50(2)43-31-27-35-17-13-15-23-41(35)48(43)52(5)45(50)33-29-37-25-26-38(47(37)54(39-19-9-7-10-20-39)40-21-11-8-12-22-40)30-34-46-51(3,4)44-32-28-36-18-14-16-24-42(36)49(44)53(46)6;;/h7-24,27-34H,25-26H2,1-6H3;2*1H/q+1;;/p-1. The SMILES string of the molecule is CN1/C(=C/C=C2\CCC(/C=C/C3=[N+](C)c4c(ccc5ccccc45)C3(C)C)=C2N(c2ccccc2)c2ccccc2)C(C)(C)c2ccc3ccccc3c21.Cl.[Cl-]. The summed E-state index contributed by atoms with van der Waals surface area (Å²) in [6, 6.07) is 48.5. The third-order valence-corrected chi connectivity index (χ3v) is 12.2. The molecule has 0 atom stereocenters. The van der Waals surface area contributed by atoms with Crippen LogP contribution < -0.4 is 22.2 Å². The van der Waals surface area contributed by atoms with Gasteiger partial charge in [-0.2, -0.15) is 4.58 Å². The Bertz CT molecular complexity index is 2590. The maximum Gasteiger partial charge on any atom is 0.217 e. The van der Waals surface area contributed by atoms with Gasteiger partial charge in [0, 0.05) is 46.6 Å². The average molecular weight is 775 g/mol. The van der Waals surface area contributed by atoms with Crippen LogP contribution in [-0.4, -0.2) is 24.4 Å². The molecule has 2 aliphatic heterocycles. The van der Waals surface area contributed by atoms with Gasteiger partial charge in [0.1, 0.15) is 7.05 Å². The van der Waals surface area contributed by atoms with E-state index in [1.807, 2.05) is 0 Å². The second-order valence-electron chi connectivity index (χ2n) is 16.1. The fourth-order valence-corrected chi connectivity index (χ4v) is 9.48. The van der Waals surface area contributed by atoms with Gasteiger partial charge in [-0.3, -0.25) is 0 Å². The molecule has 0 aromatic heterocycles. The molecule has 282 valence electrons. The molecule has 0 unspecified atom stereocenters. The maximum absolute atomic E-state index is 2.47. The molecule has 56 heavy (non-hydrogen) atoms. The van der Waals surface area contributed by atoms with E-state index in [0.29, 0.717) is 0 Å². The zero-order valence-electron chi connectivity index (χ0n) is 33.1. The molecular weight excluding hydrogens is 725 g/mol. The number of anilines is 3. The van der Waals surface area contributed by atoms with Crippen molar-refractivity contribution in [2.75, 3.05) is 23.9 Å². The Hall–Kier alpha value is -5.35. The summed E-state index contributed by atoms with van der Waals surface area (Å²) in [7, 11) is 4.48. The maximum atomic E-state index is 2.47. The Morgan fingerprint density at radius 3 is 1.80 bits per heavy atom. The zero-order valence-corrected chi connectivity index (χ0v) is 34.6. The Labute approximate surface area is 344 Å². The fourth-order valence-electron chi connectivity index (χ4n) is 9.48. The summed E-state index contributed by atoms with van der Waals surface area (Å²) in [5.74, 6) is 0. The Morgan fingerprint density at radius 2 is 1.16 bits per heavy atom. The molecular formula is C51H49Cl2N3. The van der Waals surface area contributed by atoms with Crippen LogP contribution in [-0.2, 0) is 10.8 Å². The van der Waals surface area contributed by atoms with Gasteiger partial charge in [-0.15, -0.1) is 12.4 Å². The molecule has 9 rings (SSSR count). The lowest BCUT2D eigenvalue weighted by Crippen LogP contribution is -3.00. The molecule has 1 aliphatic carbocycles. The first-order valence-corrected chi connectivity index (χ1v) is 19.3. The van der Waals surface area contributed by atoms with Crippen molar-refractivity contribution in [3.63, 3.8) is 0 Å². The first kappa shape index (κ1) is 38.9. The average Bonchev–Trinajstić information content (AvgIpc) is 3.74. The highest BCUT2D eigenvalue weighted by atomic mass is 35.5. The van der Waals surface area contributed by atoms with E-state index >= 15 is 0 Å². The number of para-hydroxylation sites is 2. The molecule has 0 saturated carbocycles. The van der Waals surface area contributed by atoms with Crippen molar-refractivity contribution in [3.05, 3.63) is 191 Å². The number of likely N-dealkylation sites (N-methyl/N-ethyl adjacent to an activating group) is 1. The van der Waals surface area contributed by atoms with Crippen LogP contribution in [0.25, 0.3) is 21.5 Å². The molecule has 0 N–H and O–H groups in total. The summed E-state index contributed by atoms with van der Waals surface area (Å²) in [6.07, 6.45) is 11.6. The van der Waals surface area contributed by atoms with Crippen LogP contribution in [0.3, 0.4) is 0 Å². The van der Waals surface area contributed by atoms with Gasteiger partial charge in [-0.1, -0.05) is 129 Å². The lowest BCUT2D eigenvalue weighted by atomic mass is 9.80. The molecule has 3 nitrogen and oxygen atoms in total. The summed E-state index contributed by atoms with van der Waals surface area (Å²) in [5.41, 5.74) is 14.0. The highest BCUT2D eigenvalue weighted by Crippen LogP contribution is 2.51. The third kappa shape index (κ3) is 6.18. The van der Waals surface area contributed by atoms with E-state index in [-0.39, 0.29) is 35.6 Å². The molecule has 0 fully saturated rings. The van der Waals surface area contributed by atoms with Gasteiger partial charge in [-0.25, -0.2) is 0 Å². The van der Waals surface area contributed by atoms with Crippen molar-refractivity contribution >= 4 is 62.4 Å². The summed E-state index contributed by atoms with van der Waals surface area (Å²) >= 11 is 0. The van der Waals surface area contributed by atoms with Gasteiger partial charge in [-0.05, 0) is 90.6 Å². The van der Waals surface area contributed by atoms with Crippen molar-refractivity contribution in [1.82, 2.24) is 0 Å². The summed E-state index contributed by atoms with van der Waals surface area (Å²) < 4.78 is 2.43. The topological polar surface area (TPSA) is 9.49 Å². The molecule has 6 aromatic rings. The zero-order chi connectivity index (χ0) is 37.2. The van der Waals surface area contributed by atoms with Gasteiger partial charge >= 0.3 is 0 Å². The van der Waals surface area contributed by atoms with E-state index in [2.05, 4.69) is 214 Å². The van der Waals surface area contributed by atoms with E-state index in [9.17, 15) is 0 Å². The first-order chi connectivity index (χ1) is 26.2. The number of rotatable bonds is 6. The third-order valence-electron chi connectivity index (χ3n) is 12.2. The van der Waals surface area contributed by atoms with E-state index in [1.54, 1.807) is 0 Å². The minimum Gasteiger partial charge on any atom is -1.00 e. The first-order valence-electron chi connectivity index (χ1n) is 19.3. The van der Waals surface area contributed by atoms with E-state index in [4.69, 9.17) is 0 Å². The molecule has 3 aliphatic rings. The van der Waals surface area contributed by atoms with E-state index in [0.717, 1.165) is 24.2 Å². The molecule has 5 heteroatoms. The van der Waals surface area contributed by atoms with E-state index < -0.39 is 0 Å². The number of fused-ring (bicyclic) bond motifs is 6. The highest BCUT2D eigenvalue weighted by Gasteiger charge is 2.44. The molecule has 0 bridgehead atoms. The van der Waals surface area contributed by atoms with Crippen molar-refractivity contribution in [1.29, 1.82) is 0 Å². The minimum atomic E-state index is -0.136. The molecule has 0 amide bonds. The molecule has 6 aromatic carbocycles. The second kappa shape index (κ2) is 15.0. The van der Waals surface area contributed by atoms with Crippen LogP contribution in [0.4, 0.5) is 22.7 Å². The van der Waals surface area contributed by atoms with Gasteiger partial charge in [0.25, 0.3) is 0 Å². The Kier molecular flexibility index (Phi) is 10.4. The van der Waals surface area contributed by atoms with Crippen LogP contribution in [0.15, 0.2) is 180 Å². The van der Waals surface area contributed by atoms with Gasteiger partial charge in [0.05, 0.1) is 22.2 Å². The number of benzene rings is 6. The number of allylic oxidation sites excluding steroid dienone is 7. The number of hydrogen-bond donors (Lipinski definition) is 0. The van der Waals surface area contributed by atoms with Crippen molar-refractivity contribution in [2.45, 2.75) is 51.4 Å². The number of hydrogen-bond acceptors (Lipinski definition) is 2. The Balaban J connectivity index is 0.00000240. The number of halogens is 2. The Morgan fingerprint density at radius 1 is 0.607 bits per heavy atom. The lowest BCUT2D eigenvalue weighted by Gasteiger charge is -2.29. The van der Waals surface area contributed by atoms with Crippen molar-refractivity contribution < 1.29 is 17.0 Å². The summed E-state index contributed by atoms with van der Waals surface area (Å²) in [5, 5.41) is 5.18. The predicted molar refractivity (Wildman–Crippen MR) is 237 cm³/mol. The molecule has 2 heterocycles. The largest absolute Gasteiger partial charge is 1.00 e.